The number of rotatable bonds is 3. The van der Waals surface area contributed by atoms with E-state index in [9.17, 15) is 15.8 Å². The Labute approximate surface area is 249 Å². The molecule has 0 fully saturated rings. The molecular weight excluding hydrogens is 576 g/mol. The molecule has 0 bridgehead atoms. The Morgan fingerprint density at radius 3 is 1.00 bits per heavy atom. The normalized spacial score (nSPS) is 13.2. The largest absolute Gasteiger partial charge is 0.239 e. The molecule has 0 N–H and O–H groups in total. The average Bonchev–Trinajstić information content (AvgIpc) is 3.74. The molecule has 0 amide bonds. The van der Waals surface area contributed by atoms with Gasteiger partial charge in [-0.2, -0.15) is 15.8 Å². The molecule has 0 aromatic carbocycles. The summed E-state index contributed by atoms with van der Waals surface area (Å²) in [5, 5.41) is 31.7. The van der Waals surface area contributed by atoms with E-state index < -0.39 is 0 Å². The maximum Gasteiger partial charge on any atom is 0.183 e. The van der Waals surface area contributed by atoms with E-state index in [1.54, 1.807) is 20.8 Å². The molecular formula is C27H12N18. The van der Waals surface area contributed by atoms with Gasteiger partial charge in [0.15, 0.2) is 51.4 Å². The first-order valence-corrected chi connectivity index (χ1v) is 12.8. The summed E-state index contributed by atoms with van der Waals surface area (Å²) in [5.74, 6) is 0.524. The minimum absolute atomic E-state index is 0.0467. The van der Waals surface area contributed by atoms with Gasteiger partial charge in [0.25, 0.3) is 0 Å². The highest BCUT2D eigenvalue weighted by Crippen LogP contribution is 2.25. The molecule has 0 atom stereocenters. The second kappa shape index (κ2) is 10.2. The smallest absolute Gasteiger partial charge is 0.183 e. The molecule has 3 aliphatic rings. The fourth-order valence-corrected chi connectivity index (χ4v) is 4.20. The van der Waals surface area contributed by atoms with E-state index in [0.717, 1.165) is 0 Å². The lowest BCUT2D eigenvalue weighted by molar-refractivity contribution is 0.957. The van der Waals surface area contributed by atoms with Crippen LogP contribution < -0.4 is 32.5 Å². The van der Waals surface area contributed by atoms with E-state index in [1.165, 1.54) is 18.6 Å². The van der Waals surface area contributed by atoms with Gasteiger partial charge < -0.3 is 0 Å². The first kappa shape index (κ1) is 26.6. The molecule has 0 saturated carbocycles. The van der Waals surface area contributed by atoms with Crippen LogP contribution in [0.5, 0.6) is 0 Å². The molecule has 7 heterocycles. The van der Waals surface area contributed by atoms with Crippen LogP contribution in [0.4, 0.5) is 0 Å². The van der Waals surface area contributed by atoms with Crippen LogP contribution in [0.1, 0.15) is 34.9 Å². The molecule has 18 heteroatoms. The van der Waals surface area contributed by atoms with E-state index in [0.29, 0.717) is 33.5 Å². The van der Waals surface area contributed by atoms with E-state index >= 15 is 0 Å². The zero-order valence-corrected chi connectivity index (χ0v) is 23.3. The predicted octanol–water partition coefficient (Wildman–Crippen LogP) is -2.40. The Hall–Kier alpha value is -7.26. The summed E-state index contributed by atoms with van der Waals surface area (Å²) in [7, 11) is 0. The first-order chi connectivity index (χ1) is 21.8. The van der Waals surface area contributed by atoms with Crippen molar-refractivity contribution in [2.75, 3.05) is 0 Å². The lowest BCUT2D eigenvalue weighted by Gasteiger charge is -2.07. The fraction of sp³-hybridized carbons (Fsp3) is 0.111. The van der Waals surface area contributed by atoms with Gasteiger partial charge in [-0.15, -0.1) is 0 Å². The van der Waals surface area contributed by atoms with Crippen LogP contribution in [-0.2, 0) is 0 Å². The SMILES string of the molecule is Cc1ncc2c(n1)=NC(=C(C#N)c1nc(C(C#N)=C3N=c4cnc(C)nc4=N3)nc(C(C#N)=C3N=c4cnc(C)nc4=N3)n1)N=2. The number of aryl methyl sites for hydroxylation is 3. The fourth-order valence-electron chi connectivity index (χ4n) is 4.20. The van der Waals surface area contributed by atoms with Gasteiger partial charge in [-0.25, -0.2) is 74.8 Å². The van der Waals surface area contributed by atoms with Crippen molar-refractivity contribution in [2.24, 2.45) is 30.0 Å². The lowest BCUT2D eigenvalue weighted by Crippen LogP contribution is -2.26. The Bertz CT molecular complexity index is 2360. The molecule has 4 aromatic heterocycles. The van der Waals surface area contributed by atoms with Crippen molar-refractivity contribution in [3.05, 3.63) is 104 Å². The molecule has 3 aliphatic heterocycles. The molecule has 0 saturated heterocycles. The van der Waals surface area contributed by atoms with Crippen molar-refractivity contribution in [2.45, 2.75) is 20.8 Å². The highest BCUT2D eigenvalue weighted by Gasteiger charge is 2.25. The van der Waals surface area contributed by atoms with E-state index in [4.69, 9.17) is 0 Å². The Morgan fingerprint density at radius 1 is 0.444 bits per heavy atom. The number of aromatic nitrogens is 9. The van der Waals surface area contributed by atoms with E-state index in [-0.39, 0.29) is 68.1 Å². The summed E-state index contributed by atoms with van der Waals surface area (Å²) in [6.07, 6.45) is 4.42. The quantitative estimate of drug-likeness (QED) is 0.227. The second-order valence-corrected chi connectivity index (χ2v) is 9.29. The Balaban J connectivity index is 1.50. The zero-order chi connectivity index (χ0) is 31.2. The van der Waals surface area contributed by atoms with Crippen molar-refractivity contribution < 1.29 is 0 Å². The number of allylic oxidation sites excluding steroid dienone is 3. The van der Waals surface area contributed by atoms with Crippen LogP contribution in [-0.4, -0.2) is 44.9 Å². The summed E-state index contributed by atoms with van der Waals surface area (Å²) in [6.45, 7) is 5.07. The Kier molecular flexibility index (Phi) is 6.05. The highest BCUT2D eigenvalue weighted by molar-refractivity contribution is 5.82. The molecule has 210 valence electrons. The third-order valence-electron chi connectivity index (χ3n) is 6.24. The van der Waals surface area contributed by atoms with Crippen molar-refractivity contribution >= 4 is 16.7 Å². The maximum atomic E-state index is 10.2. The van der Waals surface area contributed by atoms with Gasteiger partial charge in [-0.3, -0.25) is 0 Å². The summed E-state index contributed by atoms with van der Waals surface area (Å²) < 4.78 is 0. The maximum absolute atomic E-state index is 10.2. The van der Waals surface area contributed by atoms with Crippen molar-refractivity contribution in [3.8, 4) is 18.2 Å². The topological polar surface area (TPSA) is 262 Å². The lowest BCUT2D eigenvalue weighted by atomic mass is 10.2. The monoisotopic (exact) mass is 588 g/mol. The van der Waals surface area contributed by atoms with Gasteiger partial charge in [-0.1, -0.05) is 0 Å². The first-order valence-electron chi connectivity index (χ1n) is 12.8. The van der Waals surface area contributed by atoms with Gasteiger partial charge in [0.1, 0.15) is 68.5 Å². The van der Waals surface area contributed by atoms with Crippen molar-refractivity contribution in [1.29, 1.82) is 15.8 Å². The van der Waals surface area contributed by atoms with Crippen LogP contribution in [0, 0.1) is 54.8 Å². The van der Waals surface area contributed by atoms with Gasteiger partial charge >= 0.3 is 0 Å². The van der Waals surface area contributed by atoms with Crippen LogP contribution in [0.2, 0.25) is 0 Å². The number of nitrogens with zero attached hydrogens (tertiary/aromatic N) is 18. The van der Waals surface area contributed by atoms with Gasteiger partial charge in [0.05, 0.1) is 18.6 Å². The molecule has 7 rings (SSSR count). The molecule has 45 heavy (non-hydrogen) atoms. The third kappa shape index (κ3) is 4.64. The van der Waals surface area contributed by atoms with Crippen LogP contribution in [0.3, 0.4) is 0 Å². The standard InChI is InChI=1S/C27H12N18/c1-10-31-7-16-25(34-10)43-19(37-16)13(4-28)22-40-23(14(5-29)20-38-17-8-32-11(2)35-26(17)44-20)42-24(41-22)15(6-30)21-39-18-9-33-12(3)36-27(18)45-21/h7-9H,1-3H3. The van der Waals surface area contributed by atoms with Crippen molar-refractivity contribution in [3.63, 3.8) is 0 Å². The van der Waals surface area contributed by atoms with Gasteiger partial charge in [0, 0.05) is 0 Å². The summed E-state index contributed by atoms with van der Waals surface area (Å²) >= 11 is 0. The van der Waals surface area contributed by atoms with E-state index in [1.807, 2.05) is 18.2 Å². The summed E-state index contributed by atoms with van der Waals surface area (Å²) in [5.41, 5.74) is 0.223. The molecule has 18 nitrogen and oxygen atoms in total. The van der Waals surface area contributed by atoms with Gasteiger partial charge in [-0.05, 0) is 20.8 Å². The minimum atomic E-state index is -0.239. The van der Waals surface area contributed by atoms with Crippen molar-refractivity contribution in [1.82, 2.24) is 44.9 Å². The number of nitriles is 3. The molecule has 0 radical (unpaired) electrons. The Morgan fingerprint density at radius 2 is 0.733 bits per heavy atom. The summed E-state index contributed by atoms with van der Waals surface area (Å²) in [4.78, 5) is 64.5. The van der Waals surface area contributed by atoms with Gasteiger partial charge in [0.2, 0.25) is 0 Å². The number of fused-ring (bicyclic) bond motifs is 3. The van der Waals surface area contributed by atoms with Crippen LogP contribution >= 0.6 is 0 Å². The third-order valence-corrected chi connectivity index (χ3v) is 6.24. The number of hydrogen-bond acceptors (Lipinski definition) is 18. The average molecular weight is 589 g/mol. The molecule has 4 aromatic rings. The van der Waals surface area contributed by atoms with E-state index in [2.05, 4.69) is 74.8 Å². The molecule has 0 spiro atoms. The minimum Gasteiger partial charge on any atom is -0.239 e. The second-order valence-electron chi connectivity index (χ2n) is 9.29. The highest BCUT2D eigenvalue weighted by atomic mass is 15.1. The molecule has 0 aliphatic carbocycles. The molecule has 0 unspecified atom stereocenters. The van der Waals surface area contributed by atoms with Crippen LogP contribution in [0.25, 0.3) is 16.7 Å². The summed E-state index contributed by atoms with van der Waals surface area (Å²) in [6, 6.07) is 6.06. The number of hydrogen-bond donors (Lipinski definition) is 0. The predicted molar refractivity (Wildman–Crippen MR) is 145 cm³/mol. The van der Waals surface area contributed by atoms with Crippen LogP contribution in [0.15, 0.2) is 66.0 Å². The zero-order valence-electron chi connectivity index (χ0n) is 23.3.